The second-order valence-corrected chi connectivity index (χ2v) is 6.84. The molecule has 11 heteroatoms. The molecular weight excluding hydrogens is 429 g/mol. The third kappa shape index (κ3) is 4.00. The van der Waals surface area contributed by atoms with E-state index >= 15 is 0 Å². The third-order valence-electron chi connectivity index (χ3n) is 4.74. The van der Waals surface area contributed by atoms with Crippen molar-refractivity contribution in [3.63, 3.8) is 0 Å². The Labute approximate surface area is 177 Å². The lowest BCUT2D eigenvalue weighted by atomic mass is 10.0. The van der Waals surface area contributed by atoms with Crippen molar-refractivity contribution in [2.75, 3.05) is 5.73 Å². The van der Waals surface area contributed by atoms with E-state index in [0.717, 1.165) is 12.1 Å². The normalized spacial score (nSPS) is 11.6. The van der Waals surface area contributed by atoms with Crippen molar-refractivity contribution in [1.29, 1.82) is 0 Å². The summed E-state index contributed by atoms with van der Waals surface area (Å²) in [5.74, 6) is -1.68. The van der Waals surface area contributed by atoms with Crippen LogP contribution in [0.2, 0.25) is 0 Å². The molecule has 0 aliphatic rings. The summed E-state index contributed by atoms with van der Waals surface area (Å²) >= 11 is 0. The van der Waals surface area contributed by atoms with Crippen LogP contribution in [0.5, 0.6) is 5.75 Å². The smallest absolute Gasteiger partial charge is 0.477 e. The Bertz CT molecular complexity index is 1390. The van der Waals surface area contributed by atoms with Gasteiger partial charge >= 0.3 is 12.3 Å². The molecule has 8 nitrogen and oxygen atoms in total. The number of anilines is 1. The van der Waals surface area contributed by atoms with Crippen molar-refractivity contribution in [1.82, 2.24) is 14.5 Å². The third-order valence-corrected chi connectivity index (χ3v) is 4.74. The molecule has 0 atom stereocenters. The molecule has 3 heterocycles. The van der Waals surface area contributed by atoms with Crippen LogP contribution in [0.15, 0.2) is 59.7 Å². The van der Waals surface area contributed by atoms with E-state index in [2.05, 4.69) is 14.7 Å². The number of fused-ring (bicyclic) bond motifs is 1. The number of benzene rings is 1. The number of aromatic nitrogens is 3. The maximum Gasteiger partial charge on any atom is 0.573 e. The van der Waals surface area contributed by atoms with Crippen LogP contribution in [0, 0.1) is 0 Å². The summed E-state index contributed by atoms with van der Waals surface area (Å²) in [5, 5.41) is 10.1. The van der Waals surface area contributed by atoms with Gasteiger partial charge in [-0.3, -0.25) is 4.79 Å². The first-order chi connectivity index (χ1) is 15.1. The number of aromatic amines is 1. The predicted octanol–water partition coefficient (Wildman–Crippen LogP) is 3.62. The predicted molar refractivity (Wildman–Crippen MR) is 109 cm³/mol. The molecule has 0 aliphatic heterocycles. The molecule has 32 heavy (non-hydrogen) atoms. The fourth-order valence-corrected chi connectivity index (χ4v) is 3.58. The topological polar surface area (TPSA) is 123 Å². The first-order valence-electron chi connectivity index (χ1n) is 9.18. The summed E-state index contributed by atoms with van der Waals surface area (Å²) in [6.07, 6.45) is -2.12. The molecule has 3 aromatic heterocycles. The number of hydrogen-bond donors (Lipinski definition) is 3. The number of nitrogen functional groups attached to an aromatic ring is 1. The summed E-state index contributed by atoms with van der Waals surface area (Å²) in [5.41, 5.74) is 5.73. The molecule has 0 aliphatic carbocycles. The number of ether oxygens (including phenoxy) is 1. The number of carboxylic acid groups (broad SMARTS) is 1. The highest BCUT2D eigenvalue weighted by Crippen LogP contribution is 2.37. The first kappa shape index (κ1) is 21.0. The fourth-order valence-electron chi connectivity index (χ4n) is 3.58. The van der Waals surface area contributed by atoms with Crippen LogP contribution in [-0.2, 0) is 6.54 Å². The van der Waals surface area contributed by atoms with E-state index in [1.807, 2.05) is 0 Å². The summed E-state index contributed by atoms with van der Waals surface area (Å²) in [4.78, 5) is 31.1. The number of pyridine rings is 2. The number of alkyl halides is 3. The van der Waals surface area contributed by atoms with Crippen molar-refractivity contribution >= 4 is 22.7 Å². The van der Waals surface area contributed by atoms with Gasteiger partial charge in [-0.05, 0) is 48.0 Å². The van der Waals surface area contributed by atoms with E-state index in [9.17, 15) is 27.9 Å². The number of aromatic carboxylic acids is 1. The van der Waals surface area contributed by atoms with E-state index in [1.54, 1.807) is 12.1 Å². The molecule has 0 spiro atoms. The fraction of sp³-hybridized carbons (Fsp3) is 0.0952. The molecule has 4 N–H and O–H groups in total. The minimum absolute atomic E-state index is 0.00736. The molecule has 0 amide bonds. The molecule has 0 fully saturated rings. The molecule has 0 bridgehead atoms. The highest BCUT2D eigenvalue weighted by Gasteiger charge is 2.32. The summed E-state index contributed by atoms with van der Waals surface area (Å²) in [7, 11) is 0. The van der Waals surface area contributed by atoms with Crippen LogP contribution in [0.4, 0.5) is 19.0 Å². The largest absolute Gasteiger partial charge is 0.573 e. The van der Waals surface area contributed by atoms with Crippen LogP contribution in [0.25, 0.3) is 22.0 Å². The molecule has 1 aromatic carbocycles. The van der Waals surface area contributed by atoms with E-state index in [-0.39, 0.29) is 34.6 Å². The second kappa shape index (κ2) is 7.76. The van der Waals surface area contributed by atoms with Gasteiger partial charge in [0.2, 0.25) is 0 Å². The number of halogens is 3. The lowest BCUT2D eigenvalue weighted by Gasteiger charge is -2.11. The van der Waals surface area contributed by atoms with Gasteiger partial charge in [0.1, 0.15) is 17.3 Å². The van der Waals surface area contributed by atoms with Gasteiger partial charge in [-0.15, -0.1) is 13.2 Å². The van der Waals surface area contributed by atoms with E-state index in [0.29, 0.717) is 11.1 Å². The number of nitrogens with zero attached hydrogens (tertiary/aromatic N) is 2. The Morgan fingerprint density at radius 2 is 2.00 bits per heavy atom. The molecular formula is C21H15F3N4O4. The average Bonchev–Trinajstić information content (AvgIpc) is 3.00. The van der Waals surface area contributed by atoms with Gasteiger partial charge in [0.15, 0.2) is 0 Å². The zero-order chi connectivity index (χ0) is 23.0. The van der Waals surface area contributed by atoms with Crippen LogP contribution in [0.1, 0.15) is 16.1 Å². The average molecular weight is 444 g/mol. The lowest BCUT2D eigenvalue weighted by Crippen LogP contribution is -2.17. The van der Waals surface area contributed by atoms with Crippen LogP contribution in [-0.4, -0.2) is 32.0 Å². The number of carboxylic acids is 1. The molecule has 4 aromatic rings. The summed E-state index contributed by atoms with van der Waals surface area (Å²) < 4.78 is 43.7. The number of H-pyrrole nitrogens is 1. The Morgan fingerprint density at radius 1 is 1.22 bits per heavy atom. The van der Waals surface area contributed by atoms with Gasteiger partial charge in [0, 0.05) is 41.0 Å². The Balaban J connectivity index is 2.04. The summed E-state index contributed by atoms with van der Waals surface area (Å²) in [6, 6.07) is 9.52. The van der Waals surface area contributed by atoms with Gasteiger partial charge in [-0.2, -0.15) is 0 Å². The van der Waals surface area contributed by atoms with Gasteiger partial charge in [-0.25, -0.2) is 9.78 Å². The SMILES string of the molecule is Nc1cc(Cn2c(C(=O)O)c(-c3ccc[nH]c3=O)c3cc(OC(F)(F)F)ccc32)ccn1. The number of nitrogens with two attached hydrogens (primary N) is 1. The zero-order valence-corrected chi connectivity index (χ0v) is 16.2. The Kier molecular flexibility index (Phi) is 5.09. The van der Waals surface area contributed by atoms with Crippen LogP contribution in [0.3, 0.4) is 0 Å². The molecule has 164 valence electrons. The Morgan fingerprint density at radius 3 is 2.66 bits per heavy atom. The van der Waals surface area contributed by atoms with Crippen molar-refractivity contribution in [2.45, 2.75) is 12.9 Å². The highest BCUT2D eigenvalue weighted by atomic mass is 19.4. The van der Waals surface area contributed by atoms with Crippen molar-refractivity contribution < 1.29 is 27.8 Å². The van der Waals surface area contributed by atoms with Crippen molar-refractivity contribution in [3.8, 4) is 16.9 Å². The molecule has 0 saturated heterocycles. The van der Waals surface area contributed by atoms with Crippen LogP contribution < -0.4 is 16.0 Å². The maximum atomic E-state index is 12.8. The second-order valence-electron chi connectivity index (χ2n) is 6.84. The first-order valence-corrected chi connectivity index (χ1v) is 9.18. The minimum atomic E-state index is -4.94. The molecule has 0 saturated carbocycles. The zero-order valence-electron chi connectivity index (χ0n) is 16.2. The minimum Gasteiger partial charge on any atom is -0.477 e. The van der Waals surface area contributed by atoms with Gasteiger partial charge in [0.05, 0.1) is 0 Å². The van der Waals surface area contributed by atoms with Crippen molar-refractivity contribution in [3.05, 3.63) is 76.5 Å². The number of rotatable bonds is 5. The van der Waals surface area contributed by atoms with E-state index in [1.165, 1.54) is 35.2 Å². The van der Waals surface area contributed by atoms with Gasteiger partial charge < -0.3 is 25.1 Å². The van der Waals surface area contributed by atoms with Gasteiger partial charge in [0.25, 0.3) is 5.56 Å². The number of hydrogen-bond acceptors (Lipinski definition) is 5. The van der Waals surface area contributed by atoms with E-state index < -0.39 is 23.6 Å². The van der Waals surface area contributed by atoms with E-state index in [4.69, 9.17) is 5.73 Å². The lowest BCUT2D eigenvalue weighted by molar-refractivity contribution is -0.274. The quantitative estimate of drug-likeness (QED) is 0.432. The summed E-state index contributed by atoms with van der Waals surface area (Å²) in [6.45, 7) is 0.0229. The maximum absolute atomic E-state index is 12.8. The van der Waals surface area contributed by atoms with Crippen LogP contribution >= 0.6 is 0 Å². The molecule has 4 rings (SSSR count). The molecule has 0 radical (unpaired) electrons. The van der Waals surface area contributed by atoms with Gasteiger partial charge in [-0.1, -0.05) is 0 Å². The number of nitrogens with one attached hydrogen (secondary N) is 1. The molecule has 0 unspecified atom stereocenters. The highest BCUT2D eigenvalue weighted by molar-refractivity contribution is 6.08. The standard InChI is InChI=1S/C21H15F3N4O4/c22-21(23,24)32-12-3-4-15-14(9-12)17(13-2-1-6-27-19(13)29)18(20(30)31)28(15)10-11-5-7-26-16(25)8-11/h1-9H,10H2,(H2,25,26)(H,27,29)(H,30,31). The van der Waals surface area contributed by atoms with Crippen molar-refractivity contribution in [2.24, 2.45) is 0 Å². The Hall–Kier alpha value is -4.28. The number of carbonyl (C=O) groups is 1. The monoisotopic (exact) mass is 444 g/mol.